The quantitative estimate of drug-likeness (QED) is 0.723. The van der Waals surface area contributed by atoms with Crippen molar-refractivity contribution in [3.05, 3.63) is 70.3 Å². The van der Waals surface area contributed by atoms with Gasteiger partial charge in [0.25, 0.3) is 4.84 Å². The van der Waals surface area contributed by atoms with Crippen molar-refractivity contribution >= 4 is 12.2 Å². The Morgan fingerprint density at radius 2 is 1.88 bits per heavy atom. The number of benzene rings is 2. The Hall–Kier alpha value is -2.31. The molecule has 0 bridgehead atoms. The molecule has 3 rings (SSSR count). The smallest absolute Gasteiger partial charge is 0.292 e. The summed E-state index contributed by atoms with van der Waals surface area (Å²) in [7, 11) is 2.03. The molecule has 1 unspecified atom stereocenters. The maximum atomic E-state index is 13.0. The summed E-state index contributed by atoms with van der Waals surface area (Å²) in [6, 6.07) is 14.4. The molecule has 4 nitrogen and oxygen atoms in total. The first-order valence-corrected chi connectivity index (χ1v) is 8.13. The number of hydrogen-bond acceptors (Lipinski definition) is 3. The van der Waals surface area contributed by atoms with Crippen LogP contribution in [0, 0.1) is 17.6 Å². The summed E-state index contributed by atoms with van der Waals surface area (Å²) >= 11 is 5.29. The Labute approximate surface area is 145 Å². The third-order valence-corrected chi connectivity index (χ3v) is 4.11. The molecular formula is C18H19FN3OS+. The molecule has 0 aliphatic carbocycles. The predicted molar refractivity (Wildman–Crippen MR) is 92.5 cm³/mol. The van der Waals surface area contributed by atoms with E-state index in [1.165, 1.54) is 17.0 Å². The average molecular weight is 344 g/mol. The lowest BCUT2D eigenvalue weighted by molar-refractivity contribution is -0.917. The van der Waals surface area contributed by atoms with E-state index in [1.807, 2.05) is 38.2 Å². The van der Waals surface area contributed by atoms with Gasteiger partial charge < -0.3 is 9.32 Å². The van der Waals surface area contributed by atoms with Crippen LogP contribution in [0.3, 0.4) is 0 Å². The van der Waals surface area contributed by atoms with Crippen LogP contribution in [0.1, 0.15) is 11.1 Å². The van der Waals surface area contributed by atoms with E-state index >= 15 is 0 Å². The number of hydrogen-bond donors (Lipinski definition) is 1. The third kappa shape index (κ3) is 3.77. The number of aromatic nitrogens is 2. The second kappa shape index (κ2) is 7.07. The largest absolute Gasteiger partial charge is 0.409 e. The molecule has 0 radical (unpaired) electrons. The van der Waals surface area contributed by atoms with Gasteiger partial charge in [-0.2, -0.15) is 4.68 Å². The molecular weight excluding hydrogens is 325 g/mol. The Bertz CT molecular complexity index is 886. The van der Waals surface area contributed by atoms with Gasteiger partial charge in [0.15, 0.2) is 6.67 Å². The number of rotatable bonds is 5. The van der Waals surface area contributed by atoms with E-state index in [9.17, 15) is 4.39 Å². The summed E-state index contributed by atoms with van der Waals surface area (Å²) in [4.78, 5) is 1.52. The fourth-order valence-corrected chi connectivity index (χ4v) is 2.77. The van der Waals surface area contributed by atoms with Gasteiger partial charge in [0.05, 0.1) is 7.05 Å². The van der Waals surface area contributed by atoms with Gasteiger partial charge in [0.1, 0.15) is 12.4 Å². The average Bonchev–Trinajstić information content (AvgIpc) is 2.90. The minimum Gasteiger partial charge on any atom is -0.409 e. The maximum absolute atomic E-state index is 13.0. The van der Waals surface area contributed by atoms with Crippen molar-refractivity contribution in [2.45, 2.75) is 20.1 Å². The molecule has 3 aromatic rings. The van der Waals surface area contributed by atoms with Crippen LogP contribution in [0.4, 0.5) is 4.39 Å². The first kappa shape index (κ1) is 16.5. The van der Waals surface area contributed by atoms with Crippen molar-refractivity contribution in [1.82, 2.24) is 9.78 Å². The maximum Gasteiger partial charge on any atom is 0.292 e. The SMILES string of the molecule is Cc1ccccc1-c1nn(C[NH+](C)Cc2ccc(F)cc2)c(=S)o1. The van der Waals surface area contributed by atoms with Crippen molar-refractivity contribution < 1.29 is 13.7 Å². The van der Waals surface area contributed by atoms with Gasteiger partial charge in [-0.15, -0.1) is 5.10 Å². The summed E-state index contributed by atoms with van der Waals surface area (Å²) in [5.74, 6) is 0.311. The number of halogens is 1. The van der Waals surface area contributed by atoms with Gasteiger partial charge in [-0.1, -0.05) is 30.3 Å². The predicted octanol–water partition coefficient (Wildman–Crippen LogP) is 2.99. The molecule has 1 aromatic heterocycles. The van der Waals surface area contributed by atoms with Crippen molar-refractivity contribution in [3.63, 3.8) is 0 Å². The van der Waals surface area contributed by atoms with Gasteiger partial charge in [-0.25, -0.2) is 4.39 Å². The monoisotopic (exact) mass is 344 g/mol. The lowest BCUT2D eigenvalue weighted by Gasteiger charge is -2.13. The van der Waals surface area contributed by atoms with Crippen LogP contribution >= 0.6 is 12.2 Å². The summed E-state index contributed by atoms with van der Waals surface area (Å²) in [6.45, 7) is 3.33. The Kier molecular flexibility index (Phi) is 4.87. The zero-order valence-corrected chi connectivity index (χ0v) is 14.4. The second-order valence-corrected chi connectivity index (χ2v) is 6.26. The van der Waals surface area contributed by atoms with E-state index in [0.29, 0.717) is 17.4 Å². The van der Waals surface area contributed by atoms with E-state index in [2.05, 4.69) is 5.10 Å². The highest BCUT2D eigenvalue weighted by molar-refractivity contribution is 7.71. The highest BCUT2D eigenvalue weighted by Gasteiger charge is 2.13. The zero-order chi connectivity index (χ0) is 17.1. The molecule has 0 aliphatic rings. The van der Waals surface area contributed by atoms with E-state index in [4.69, 9.17) is 16.6 Å². The van der Waals surface area contributed by atoms with Gasteiger partial charge >= 0.3 is 0 Å². The molecule has 1 heterocycles. The Morgan fingerprint density at radius 3 is 2.58 bits per heavy atom. The number of aryl methyl sites for hydroxylation is 1. The van der Waals surface area contributed by atoms with Gasteiger partial charge in [0, 0.05) is 11.1 Å². The van der Waals surface area contributed by atoms with Crippen LogP contribution in [0.5, 0.6) is 0 Å². The van der Waals surface area contributed by atoms with E-state index in [1.54, 1.807) is 16.8 Å². The molecule has 0 saturated heterocycles. The Balaban J connectivity index is 1.75. The zero-order valence-electron chi connectivity index (χ0n) is 13.6. The molecule has 0 saturated carbocycles. The summed E-state index contributed by atoms with van der Waals surface area (Å²) < 4.78 is 20.3. The molecule has 1 atom stereocenters. The fraction of sp³-hybridized carbons (Fsp3) is 0.222. The highest BCUT2D eigenvalue weighted by atomic mass is 32.1. The third-order valence-electron chi connectivity index (χ3n) is 3.82. The summed E-state index contributed by atoms with van der Waals surface area (Å²) in [5, 5.41) is 4.50. The van der Waals surface area contributed by atoms with Crippen LogP contribution in [0.15, 0.2) is 52.9 Å². The van der Waals surface area contributed by atoms with Crippen molar-refractivity contribution in [3.8, 4) is 11.5 Å². The molecule has 0 spiro atoms. The highest BCUT2D eigenvalue weighted by Crippen LogP contribution is 2.21. The number of quaternary nitrogens is 1. The lowest BCUT2D eigenvalue weighted by atomic mass is 10.1. The van der Waals surface area contributed by atoms with Gasteiger partial charge in [0.2, 0.25) is 5.89 Å². The van der Waals surface area contributed by atoms with Crippen molar-refractivity contribution in [1.29, 1.82) is 0 Å². The minimum atomic E-state index is -0.224. The molecule has 1 N–H and O–H groups in total. The van der Waals surface area contributed by atoms with Crippen LogP contribution < -0.4 is 4.90 Å². The number of nitrogens with zero attached hydrogens (tertiary/aromatic N) is 2. The van der Waals surface area contributed by atoms with Crippen molar-refractivity contribution in [2.75, 3.05) is 7.05 Å². The molecule has 2 aromatic carbocycles. The normalized spacial score (nSPS) is 12.3. The minimum absolute atomic E-state index is 0.224. The summed E-state index contributed by atoms with van der Waals surface area (Å²) in [5.41, 5.74) is 3.09. The topological polar surface area (TPSA) is 35.4 Å². The van der Waals surface area contributed by atoms with Gasteiger partial charge in [-0.3, -0.25) is 0 Å². The second-order valence-electron chi connectivity index (χ2n) is 5.91. The first-order valence-electron chi connectivity index (χ1n) is 7.72. The number of nitrogens with one attached hydrogen (secondary N) is 1. The Morgan fingerprint density at radius 1 is 1.17 bits per heavy atom. The van der Waals surface area contributed by atoms with Crippen LogP contribution in [-0.4, -0.2) is 16.8 Å². The molecule has 24 heavy (non-hydrogen) atoms. The standard InChI is InChI=1S/C18H18FN3OS/c1-13-5-3-4-6-16(13)17-20-22(18(24)23-17)12-21(2)11-14-7-9-15(19)10-8-14/h3-10H,11-12H2,1-2H3/p+1. The van der Waals surface area contributed by atoms with Crippen molar-refractivity contribution in [2.24, 2.45) is 0 Å². The molecule has 124 valence electrons. The fourth-order valence-electron chi connectivity index (χ4n) is 2.59. The first-order chi connectivity index (χ1) is 11.5. The summed E-state index contributed by atoms with van der Waals surface area (Å²) in [6.07, 6.45) is 0. The van der Waals surface area contributed by atoms with Gasteiger partial charge in [-0.05, 0) is 42.9 Å². The molecule has 6 heteroatoms. The molecule has 0 aliphatic heterocycles. The lowest BCUT2D eigenvalue weighted by Crippen LogP contribution is -3.07. The van der Waals surface area contributed by atoms with Crippen LogP contribution in [0.2, 0.25) is 0 Å². The van der Waals surface area contributed by atoms with Crippen LogP contribution in [-0.2, 0) is 13.2 Å². The van der Waals surface area contributed by atoms with E-state index < -0.39 is 0 Å². The van der Waals surface area contributed by atoms with E-state index in [-0.39, 0.29) is 5.82 Å². The van der Waals surface area contributed by atoms with Crippen LogP contribution in [0.25, 0.3) is 11.5 Å². The van der Waals surface area contributed by atoms with E-state index in [0.717, 1.165) is 23.2 Å². The molecule has 0 amide bonds. The molecule has 0 fully saturated rings.